The molecule has 19 heavy (non-hydrogen) atoms. The zero-order valence-corrected chi connectivity index (χ0v) is 11.6. The van der Waals surface area contributed by atoms with Crippen molar-refractivity contribution in [2.75, 3.05) is 19.8 Å². The number of hydrogen-bond acceptors (Lipinski definition) is 4. The van der Waals surface area contributed by atoms with E-state index in [0.29, 0.717) is 18.8 Å². The van der Waals surface area contributed by atoms with Gasteiger partial charge in [0.1, 0.15) is 6.61 Å². The largest absolute Gasteiger partial charge is 0.485 e. The highest BCUT2D eigenvalue weighted by atomic mass is 19.1. The van der Waals surface area contributed by atoms with Gasteiger partial charge in [0.05, 0.1) is 6.10 Å². The van der Waals surface area contributed by atoms with E-state index in [0.717, 1.165) is 0 Å². The van der Waals surface area contributed by atoms with Gasteiger partial charge in [-0.25, -0.2) is 4.39 Å². The maximum absolute atomic E-state index is 13.7. The summed E-state index contributed by atoms with van der Waals surface area (Å²) in [6.45, 7) is 6.39. The normalized spacial score (nSPS) is 12.7. The molecule has 1 aromatic rings. The van der Waals surface area contributed by atoms with E-state index in [9.17, 15) is 9.50 Å². The SMILES string of the molecule is CCOC(COc1ccc([C@H](C)O)cc1F)OCC. The Hall–Kier alpha value is -1.17. The molecule has 1 aromatic carbocycles. The van der Waals surface area contributed by atoms with Crippen LogP contribution < -0.4 is 4.74 Å². The molecule has 1 atom stereocenters. The Bertz CT molecular complexity index is 376. The van der Waals surface area contributed by atoms with Gasteiger partial charge in [-0.3, -0.25) is 0 Å². The predicted octanol–water partition coefficient (Wildman–Crippen LogP) is 2.66. The minimum absolute atomic E-state index is 0.118. The Kier molecular flexibility index (Phi) is 6.77. The van der Waals surface area contributed by atoms with Gasteiger partial charge in [-0.05, 0) is 38.5 Å². The van der Waals surface area contributed by atoms with E-state index in [1.165, 1.54) is 12.1 Å². The van der Waals surface area contributed by atoms with Crippen molar-refractivity contribution in [1.82, 2.24) is 0 Å². The summed E-state index contributed by atoms with van der Waals surface area (Å²) >= 11 is 0. The Morgan fingerprint density at radius 1 is 1.21 bits per heavy atom. The number of ether oxygens (including phenoxy) is 3. The highest BCUT2D eigenvalue weighted by Gasteiger charge is 2.12. The molecule has 1 rings (SSSR count). The van der Waals surface area contributed by atoms with Crippen molar-refractivity contribution in [1.29, 1.82) is 0 Å². The van der Waals surface area contributed by atoms with Crippen LogP contribution in [0.4, 0.5) is 4.39 Å². The number of benzene rings is 1. The Balaban J connectivity index is 2.61. The van der Waals surface area contributed by atoms with Crippen molar-refractivity contribution in [3.63, 3.8) is 0 Å². The summed E-state index contributed by atoms with van der Waals surface area (Å²) in [6.07, 6.45) is -1.21. The van der Waals surface area contributed by atoms with Gasteiger partial charge in [-0.2, -0.15) is 0 Å². The number of halogens is 1. The van der Waals surface area contributed by atoms with Crippen LogP contribution in [0.3, 0.4) is 0 Å². The van der Waals surface area contributed by atoms with E-state index in [4.69, 9.17) is 14.2 Å². The summed E-state index contributed by atoms with van der Waals surface area (Å²) in [5, 5.41) is 9.35. The molecule has 0 heterocycles. The smallest absolute Gasteiger partial charge is 0.191 e. The number of rotatable bonds is 8. The fraction of sp³-hybridized carbons (Fsp3) is 0.571. The maximum Gasteiger partial charge on any atom is 0.191 e. The summed E-state index contributed by atoms with van der Waals surface area (Å²) in [6, 6.07) is 4.38. The molecule has 0 aliphatic rings. The van der Waals surface area contributed by atoms with E-state index in [-0.39, 0.29) is 12.4 Å². The standard InChI is InChI=1S/C14H21FO4/c1-4-17-14(18-5-2)9-19-13-7-6-11(10(3)16)8-12(13)15/h6-8,10,14,16H,4-5,9H2,1-3H3/t10-/m0/s1. The first-order chi connectivity index (χ1) is 9.08. The highest BCUT2D eigenvalue weighted by Crippen LogP contribution is 2.22. The second-order valence-electron chi connectivity index (χ2n) is 4.02. The molecule has 0 aliphatic heterocycles. The molecule has 0 radical (unpaired) electrons. The molecule has 5 heteroatoms. The first-order valence-electron chi connectivity index (χ1n) is 6.42. The highest BCUT2D eigenvalue weighted by molar-refractivity contribution is 5.30. The van der Waals surface area contributed by atoms with Crippen LogP contribution >= 0.6 is 0 Å². The Morgan fingerprint density at radius 3 is 2.32 bits per heavy atom. The second kappa shape index (κ2) is 8.09. The van der Waals surface area contributed by atoms with Gasteiger partial charge in [0, 0.05) is 13.2 Å². The molecule has 0 aromatic heterocycles. The maximum atomic E-state index is 13.7. The summed E-state index contributed by atoms with van der Waals surface area (Å²) in [5.41, 5.74) is 0.510. The second-order valence-corrected chi connectivity index (χ2v) is 4.02. The molecular formula is C14H21FO4. The van der Waals surface area contributed by atoms with Crippen molar-refractivity contribution in [2.24, 2.45) is 0 Å². The van der Waals surface area contributed by atoms with Gasteiger partial charge < -0.3 is 19.3 Å². The van der Waals surface area contributed by atoms with Gasteiger partial charge >= 0.3 is 0 Å². The quantitative estimate of drug-likeness (QED) is 0.739. The summed E-state index contributed by atoms with van der Waals surface area (Å²) in [5.74, 6) is -0.390. The molecule has 0 bridgehead atoms. The van der Waals surface area contributed by atoms with Crippen LogP contribution in [-0.2, 0) is 9.47 Å². The monoisotopic (exact) mass is 272 g/mol. The van der Waals surface area contributed by atoms with Crippen LogP contribution in [0.15, 0.2) is 18.2 Å². The number of aliphatic hydroxyl groups is 1. The number of aliphatic hydroxyl groups excluding tert-OH is 1. The molecule has 1 N–H and O–H groups in total. The van der Waals surface area contributed by atoms with Gasteiger partial charge in [0.2, 0.25) is 0 Å². The first-order valence-corrected chi connectivity index (χ1v) is 6.42. The zero-order valence-electron chi connectivity index (χ0n) is 11.6. The third kappa shape index (κ3) is 5.14. The van der Waals surface area contributed by atoms with Gasteiger partial charge in [0.25, 0.3) is 0 Å². The van der Waals surface area contributed by atoms with Crippen molar-refractivity contribution < 1.29 is 23.7 Å². The van der Waals surface area contributed by atoms with Crippen LogP contribution in [0.2, 0.25) is 0 Å². The molecule has 0 amide bonds. The van der Waals surface area contributed by atoms with Crippen LogP contribution in [0.25, 0.3) is 0 Å². The van der Waals surface area contributed by atoms with Gasteiger partial charge in [-0.1, -0.05) is 6.07 Å². The van der Waals surface area contributed by atoms with Crippen LogP contribution in [0.1, 0.15) is 32.4 Å². The average molecular weight is 272 g/mol. The van der Waals surface area contributed by atoms with Crippen LogP contribution in [0, 0.1) is 5.82 Å². The van der Waals surface area contributed by atoms with E-state index >= 15 is 0 Å². The lowest BCUT2D eigenvalue weighted by molar-refractivity contribution is -0.152. The Labute approximate surface area is 113 Å². The van der Waals surface area contributed by atoms with Gasteiger partial charge in [-0.15, -0.1) is 0 Å². The fourth-order valence-corrected chi connectivity index (χ4v) is 1.57. The van der Waals surface area contributed by atoms with Crippen LogP contribution in [-0.4, -0.2) is 31.2 Å². The fourth-order valence-electron chi connectivity index (χ4n) is 1.57. The molecule has 0 aliphatic carbocycles. The molecule has 0 saturated heterocycles. The lowest BCUT2D eigenvalue weighted by Gasteiger charge is -2.18. The average Bonchev–Trinajstić information content (AvgIpc) is 2.37. The minimum Gasteiger partial charge on any atom is -0.485 e. The lowest BCUT2D eigenvalue weighted by atomic mass is 10.1. The third-order valence-corrected chi connectivity index (χ3v) is 2.52. The summed E-state index contributed by atoms with van der Waals surface area (Å²) in [4.78, 5) is 0. The van der Waals surface area contributed by atoms with Crippen molar-refractivity contribution in [3.8, 4) is 5.75 Å². The topological polar surface area (TPSA) is 47.9 Å². The van der Waals surface area contributed by atoms with E-state index < -0.39 is 18.2 Å². The molecular weight excluding hydrogens is 251 g/mol. The Morgan fingerprint density at radius 2 is 1.84 bits per heavy atom. The minimum atomic E-state index is -0.705. The summed E-state index contributed by atoms with van der Waals surface area (Å²) < 4.78 is 29.6. The molecule has 0 fully saturated rings. The summed E-state index contributed by atoms with van der Waals surface area (Å²) in [7, 11) is 0. The third-order valence-electron chi connectivity index (χ3n) is 2.52. The van der Waals surface area contributed by atoms with E-state index in [1.807, 2.05) is 13.8 Å². The predicted molar refractivity (Wildman–Crippen MR) is 69.6 cm³/mol. The molecule has 0 unspecified atom stereocenters. The van der Waals surface area contributed by atoms with E-state index in [2.05, 4.69) is 0 Å². The van der Waals surface area contributed by atoms with E-state index in [1.54, 1.807) is 13.0 Å². The van der Waals surface area contributed by atoms with Crippen molar-refractivity contribution in [3.05, 3.63) is 29.6 Å². The molecule has 4 nitrogen and oxygen atoms in total. The van der Waals surface area contributed by atoms with Gasteiger partial charge in [0.15, 0.2) is 17.9 Å². The number of hydrogen-bond donors (Lipinski definition) is 1. The first kappa shape index (κ1) is 15.9. The molecule has 0 spiro atoms. The van der Waals surface area contributed by atoms with Crippen molar-refractivity contribution >= 4 is 0 Å². The molecule has 108 valence electrons. The molecule has 0 saturated carbocycles. The van der Waals surface area contributed by atoms with Crippen molar-refractivity contribution in [2.45, 2.75) is 33.2 Å². The lowest BCUT2D eigenvalue weighted by Crippen LogP contribution is -2.25. The zero-order chi connectivity index (χ0) is 14.3. The van der Waals surface area contributed by atoms with Crippen LogP contribution in [0.5, 0.6) is 5.75 Å².